The van der Waals surface area contributed by atoms with Crippen molar-refractivity contribution in [2.75, 3.05) is 7.11 Å². The maximum absolute atomic E-state index is 5.83. The summed E-state index contributed by atoms with van der Waals surface area (Å²) in [7, 11) is 1.66. The van der Waals surface area contributed by atoms with Gasteiger partial charge >= 0.3 is 0 Å². The van der Waals surface area contributed by atoms with E-state index in [9.17, 15) is 0 Å². The summed E-state index contributed by atoms with van der Waals surface area (Å²) in [6, 6.07) is 6.16. The van der Waals surface area contributed by atoms with Crippen LogP contribution in [-0.2, 0) is 11.6 Å². The molecule has 0 spiro atoms. The Morgan fingerprint density at radius 3 is 3.00 bits per heavy atom. The smallest absolute Gasteiger partial charge is 0.155 e. The van der Waals surface area contributed by atoms with Crippen LogP contribution in [0.5, 0.6) is 5.75 Å². The lowest BCUT2D eigenvalue weighted by Crippen LogP contribution is -1.95. The van der Waals surface area contributed by atoms with Gasteiger partial charge in [-0.1, -0.05) is 6.07 Å². The number of ether oxygens (including phenoxy) is 1. The van der Waals surface area contributed by atoms with Gasteiger partial charge in [-0.15, -0.1) is 34.7 Å². The van der Waals surface area contributed by atoms with E-state index in [4.69, 9.17) is 16.3 Å². The first-order valence-corrected chi connectivity index (χ1v) is 7.48. The van der Waals surface area contributed by atoms with Crippen LogP contribution in [0.25, 0.3) is 0 Å². The molecule has 0 aliphatic heterocycles. The number of hydrogen-bond acceptors (Lipinski definition) is 4. The zero-order valence-corrected chi connectivity index (χ0v) is 11.7. The Hall–Kier alpha value is -0.710. The van der Waals surface area contributed by atoms with E-state index in [1.54, 1.807) is 36.4 Å². The Balaban J connectivity index is 2.14. The predicted molar refractivity (Wildman–Crippen MR) is 74.2 cm³/mol. The van der Waals surface area contributed by atoms with Crippen molar-refractivity contribution in [3.63, 3.8) is 0 Å². The monoisotopic (exact) mass is 285 g/mol. The summed E-state index contributed by atoms with van der Waals surface area (Å²) in [6.07, 6.45) is 1.77. The van der Waals surface area contributed by atoms with E-state index in [1.165, 1.54) is 4.88 Å². The van der Waals surface area contributed by atoms with Gasteiger partial charge in [0.15, 0.2) is 5.75 Å². The fraction of sp³-hybridized carbons (Fsp3) is 0.250. The molecule has 0 aromatic carbocycles. The minimum absolute atomic E-state index is 0.372. The van der Waals surface area contributed by atoms with Crippen molar-refractivity contribution in [3.05, 3.63) is 40.3 Å². The summed E-state index contributed by atoms with van der Waals surface area (Å²) < 4.78 is 5.37. The van der Waals surface area contributed by atoms with E-state index in [2.05, 4.69) is 22.5 Å². The number of halogens is 1. The van der Waals surface area contributed by atoms with Gasteiger partial charge in [-0.25, -0.2) is 0 Å². The number of alkyl halides is 1. The summed E-state index contributed by atoms with van der Waals surface area (Å²) in [4.78, 5) is 6.64. The average molecular weight is 286 g/mol. The fourth-order valence-corrected chi connectivity index (χ4v) is 3.45. The van der Waals surface area contributed by atoms with Crippen molar-refractivity contribution in [2.45, 2.75) is 16.5 Å². The first-order valence-electron chi connectivity index (χ1n) is 5.08. The van der Waals surface area contributed by atoms with Crippen LogP contribution in [0, 0.1) is 0 Å². The molecule has 2 rings (SSSR count). The number of aromatic nitrogens is 1. The largest absolute Gasteiger partial charge is 0.494 e. The van der Waals surface area contributed by atoms with Crippen LogP contribution in [0.15, 0.2) is 34.7 Å². The second-order valence-electron chi connectivity index (χ2n) is 3.29. The quantitative estimate of drug-likeness (QED) is 0.608. The van der Waals surface area contributed by atoms with Crippen LogP contribution in [0.4, 0.5) is 0 Å². The van der Waals surface area contributed by atoms with Crippen LogP contribution < -0.4 is 4.74 Å². The third-order valence-corrected chi connectivity index (χ3v) is 4.62. The molecule has 0 fully saturated rings. The molecule has 0 N–H and O–H groups in total. The normalized spacial score (nSPS) is 10.5. The van der Waals surface area contributed by atoms with Gasteiger partial charge in [0.25, 0.3) is 0 Å². The number of methoxy groups -OCH3 is 1. The molecule has 0 amide bonds. The van der Waals surface area contributed by atoms with E-state index >= 15 is 0 Å². The minimum atomic E-state index is 0.372. The molecule has 0 aliphatic rings. The van der Waals surface area contributed by atoms with Gasteiger partial charge in [0.05, 0.1) is 23.6 Å². The van der Waals surface area contributed by atoms with Crippen LogP contribution in [0.3, 0.4) is 0 Å². The highest BCUT2D eigenvalue weighted by molar-refractivity contribution is 7.98. The lowest BCUT2D eigenvalue weighted by molar-refractivity contribution is 0.398. The number of pyridine rings is 1. The molecular weight excluding hydrogens is 274 g/mol. The van der Waals surface area contributed by atoms with Crippen molar-refractivity contribution in [2.24, 2.45) is 0 Å². The van der Waals surface area contributed by atoms with Crippen LogP contribution >= 0.6 is 34.7 Å². The Kier molecular flexibility index (Phi) is 4.71. The van der Waals surface area contributed by atoms with Crippen molar-refractivity contribution in [1.82, 2.24) is 4.98 Å². The van der Waals surface area contributed by atoms with E-state index in [1.807, 2.05) is 6.07 Å². The third kappa shape index (κ3) is 3.15. The number of rotatable bonds is 5. The van der Waals surface area contributed by atoms with Gasteiger partial charge in [0, 0.05) is 16.8 Å². The van der Waals surface area contributed by atoms with Gasteiger partial charge in [-0.05, 0) is 17.5 Å². The van der Waals surface area contributed by atoms with Crippen molar-refractivity contribution in [3.8, 4) is 5.75 Å². The Morgan fingerprint density at radius 1 is 1.47 bits per heavy atom. The number of thiophene rings is 1. The maximum Gasteiger partial charge on any atom is 0.155 e. The average Bonchev–Trinajstić information content (AvgIpc) is 2.88. The van der Waals surface area contributed by atoms with E-state index in [-0.39, 0.29) is 0 Å². The number of thioether (sulfide) groups is 1. The third-order valence-electron chi connectivity index (χ3n) is 2.22. The zero-order chi connectivity index (χ0) is 12.1. The molecule has 0 saturated heterocycles. The van der Waals surface area contributed by atoms with E-state index in [0.717, 1.165) is 22.1 Å². The highest BCUT2D eigenvalue weighted by Gasteiger charge is 2.10. The van der Waals surface area contributed by atoms with Gasteiger partial charge in [0.2, 0.25) is 0 Å². The highest BCUT2D eigenvalue weighted by Crippen LogP contribution is 2.34. The summed E-state index contributed by atoms with van der Waals surface area (Å²) in [5, 5.41) is 2.09. The highest BCUT2D eigenvalue weighted by atomic mass is 35.5. The molecule has 0 bridgehead atoms. The lowest BCUT2D eigenvalue weighted by atomic mass is 10.3. The lowest BCUT2D eigenvalue weighted by Gasteiger charge is -2.10. The second kappa shape index (κ2) is 6.28. The summed E-state index contributed by atoms with van der Waals surface area (Å²) in [5.41, 5.74) is 0.797. The minimum Gasteiger partial charge on any atom is -0.494 e. The van der Waals surface area contributed by atoms with Crippen molar-refractivity contribution >= 4 is 34.7 Å². The molecule has 0 aliphatic carbocycles. The second-order valence-corrected chi connectivity index (χ2v) is 5.61. The first kappa shape index (κ1) is 12.7. The summed E-state index contributed by atoms with van der Waals surface area (Å²) in [5.74, 6) is 2.11. The summed E-state index contributed by atoms with van der Waals surface area (Å²) in [6.45, 7) is 0. The predicted octanol–water partition coefficient (Wildman–Crippen LogP) is 4.18. The summed E-state index contributed by atoms with van der Waals surface area (Å²) >= 11 is 9.34. The molecular formula is C12H12ClNOS2. The molecule has 5 heteroatoms. The Morgan fingerprint density at radius 2 is 2.35 bits per heavy atom. The number of hydrogen-bond donors (Lipinski definition) is 0. The molecule has 0 saturated carbocycles. The fourth-order valence-electron chi connectivity index (χ4n) is 1.44. The van der Waals surface area contributed by atoms with Crippen LogP contribution in [0.1, 0.15) is 10.6 Å². The van der Waals surface area contributed by atoms with Crippen LogP contribution in [-0.4, -0.2) is 12.1 Å². The topological polar surface area (TPSA) is 22.1 Å². The van der Waals surface area contributed by atoms with Crippen LogP contribution in [0.2, 0.25) is 0 Å². The molecule has 2 heterocycles. The van der Waals surface area contributed by atoms with Gasteiger partial charge in [-0.2, -0.15) is 0 Å². The van der Waals surface area contributed by atoms with Gasteiger partial charge < -0.3 is 4.74 Å². The Labute approximate surface area is 114 Å². The number of nitrogens with zero attached hydrogens (tertiary/aromatic N) is 1. The zero-order valence-electron chi connectivity index (χ0n) is 9.35. The molecule has 0 atom stereocenters. The molecule has 2 aromatic heterocycles. The molecule has 0 radical (unpaired) electrons. The van der Waals surface area contributed by atoms with Crippen molar-refractivity contribution < 1.29 is 4.74 Å². The van der Waals surface area contributed by atoms with E-state index < -0.39 is 0 Å². The van der Waals surface area contributed by atoms with E-state index in [0.29, 0.717) is 5.88 Å². The molecule has 2 aromatic rings. The first-order chi connectivity index (χ1) is 8.35. The van der Waals surface area contributed by atoms with Crippen molar-refractivity contribution in [1.29, 1.82) is 0 Å². The SMILES string of the molecule is COc1c(SCc2cccs2)ccnc1CCl. The van der Waals surface area contributed by atoms with Gasteiger partial charge in [0.1, 0.15) is 0 Å². The van der Waals surface area contributed by atoms with Gasteiger partial charge in [-0.3, -0.25) is 4.98 Å². The standard InChI is InChI=1S/C12H12ClNOS2/c1-15-12-10(7-13)14-5-4-11(12)17-8-9-3-2-6-16-9/h2-6H,7-8H2,1H3. The maximum atomic E-state index is 5.83. The molecule has 0 unspecified atom stereocenters. The molecule has 17 heavy (non-hydrogen) atoms. The Bertz CT molecular complexity index is 473. The molecule has 90 valence electrons. The molecule has 2 nitrogen and oxygen atoms in total.